The zero-order valence-corrected chi connectivity index (χ0v) is 8.92. The predicted molar refractivity (Wildman–Crippen MR) is 52.7 cm³/mol. The lowest BCUT2D eigenvalue weighted by Crippen LogP contribution is -2.18. The first-order valence-corrected chi connectivity index (χ1v) is 4.75. The van der Waals surface area contributed by atoms with Gasteiger partial charge in [-0.15, -0.1) is 11.6 Å². The van der Waals surface area contributed by atoms with Gasteiger partial charge in [0.1, 0.15) is 5.38 Å². The number of hydrogen-bond donors (Lipinski definition) is 1. The third kappa shape index (κ3) is 3.20. The molecule has 0 aliphatic carbocycles. The van der Waals surface area contributed by atoms with Gasteiger partial charge in [-0.25, -0.2) is 4.79 Å². The zero-order chi connectivity index (χ0) is 13.2. The Bertz CT molecular complexity index is 439. The maximum Gasteiger partial charge on any atom is 0.416 e. The van der Waals surface area contributed by atoms with Crippen molar-refractivity contribution in [2.45, 2.75) is 11.6 Å². The number of hydrogen-bond acceptors (Lipinski definition) is 2. The Morgan fingerprint density at radius 2 is 1.65 bits per heavy atom. The van der Waals surface area contributed by atoms with Crippen molar-refractivity contribution in [2.75, 3.05) is 0 Å². The lowest BCUT2D eigenvalue weighted by molar-refractivity contribution is -0.149. The van der Waals surface area contributed by atoms with Gasteiger partial charge in [-0.1, -0.05) is 12.1 Å². The first kappa shape index (κ1) is 13.5. The smallest absolute Gasteiger partial charge is 0.416 e. The summed E-state index contributed by atoms with van der Waals surface area (Å²) in [5, 5.41) is 6.89. The maximum absolute atomic E-state index is 12.2. The molecule has 0 radical (unpaired) electrons. The van der Waals surface area contributed by atoms with Crippen LogP contribution in [-0.2, 0) is 15.8 Å². The molecule has 1 aromatic carbocycles. The largest absolute Gasteiger partial charge is 0.475 e. The topological polar surface area (TPSA) is 54.4 Å². The average molecular weight is 267 g/mol. The SMILES string of the molecule is O=C(O)C(=O)C(Cl)c1ccc(C(F)(F)F)cc1. The standard InChI is InChI=1S/C10H6ClF3O3/c11-7(8(15)9(16)17)5-1-3-6(4-2-5)10(12,13)14/h1-4,7H,(H,16,17). The van der Waals surface area contributed by atoms with Crippen molar-refractivity contribution in [2.24, 2.45) is 0 Å². The van der Waals surface area contributed by atoms with Gasteiger partial charge in [0.05, 0.1) is 5.56 Å². The van der Waals surface area contributed by atoms with Gasteiger partial charge in [0, 0.05) is 0 Å². The predicted octanol–water partition coefficient (Wildman–Crippen LogP) is 2.64. The molecule has 1 unspecified atom stereocenters. The van der Waals surface area contributed by atoms with Crippen molar-refractivity contribution >= 4 is 23.4 Å². The Hall–Kier alpha value is -1.56. The molecule has 0 saturated carbocycles. The van der Waals surface area contributed by atoms with E-state index in [0.717, 1.165) is 24.3 Å². The number of Topliss-reactive ketones (excluding diaryl/α,β-unsaturated/α-hetero) is 1. The van der Waals surface area contributed by atoms with E-state index in [2.05, 4.69) is 0 Å². The van der Waals surface area contributed by atoms with Gasteiger partial charge in [0.25, 0.3) is 5.78 Å². The van der Waals surface area contributed by atoms with Crippen LogP contribution in [0.5, 0.6) is 0 Å². The summed E-state index contributed by atoms with van der Waals surface area (Å²) in [5.41, 5.74) is -0.889. The number of ketones is 1. The normalized spacial score (nSPS) is 13.2. The van der Waals surface area contributed by atoms with Gasteiger partial charge in [0.15, 0.2) is 0 Å². The van der Waals surface area contributed by atoms with E-state index in [-0.39, 0.29) is 5.56 Å². The molecule has 0 fully saturated rings. The summed E-state index contributed by atoms with van der Waals surface area (Å²) in [6.07, 6.45) is -4.49. The van der Waals surface area contributed by atoms with Crippen LogP contribution in [0.1, 0.15) is 16.5 Å². The van der Waals surface area contributed by atoms with Crippen LogP contribution in [0, 0.1) is 0 Å². The van der Waals surface area contributed by atoms with Gasteiger partial charge >= 0.3 is 12.1 Å². The molecule has 1 aromatic rings. The first-order valence-electron chi connectivity index (χ1n) is 4.32. The molecule has 0 bridgehead atoms. The molecule has 0 aliphatic heterocycles. The summed E-state index contributed by atoms with van der Waals surface area (Å²) < 4.78 is 36.6. The van der Waals surface area contributed by atoms with E-state index in [9.17, 15) is 22.8 Å². The molecule has 3 nitrogen and oxygen atoms in total. The first-order chi connectivity index (χ1) is 7.73. The average Bonchev–Trinajstić information content (AvgIpc) is 2.26. The third-order valence-electron chi connectivity index (χ3n) is 1.97. The minimum absolute atomic E-state index is 0.00654. The summed E-state index contributed by atoms with van der Waals surface area (Å²) in [6.45, 7) is 0. The molecule has 0 amide bonds. The molecule has 0 aliphatic rings. The molecule has 1 atom stereocenters. The van der Waals surface area contributed by atoms with Gasteiger partial charge in [-0.2, -0.15) is 13.2 Å². The molecular weight excluding hydrogens is 261 g/mol. The molecule has 1 rings (SSSR count). The number of carbonyl (C=O) groups excluding carboxylic acids is 1. The molecule has 92 valence electrons. The van der Waals surface area contributed by atoms with Crippen molar-refractivity contribution in [3.63, 3.8) is 0 Å². The number of carboxylic acid groups (broad SMARTS) is 1. The van der Waals surface area contributed by atoms with E-state index in [1.807, 2.05) is 0 Å². The molecule has 0 spiro atoms. The zero-order valence-electron chi connectivity index (χ0n) is 8.16. The van der Waals surface area contributed by atoms with Crippen molar-refractivity contribution < 1.29 is 27.9 Å². The van der Waals surface area contributed by atoms with Crippen molar-refractivity contribution in [1.29, 1.82) is 0 Å². The minimum atomic E-state index is -4.49. The number of aliphatic carboxylic acids is 1. The fourth-order valence-electron chi connectivity index (χ4n) is 1.10. The molecule has 0 heterocycles. The van der Waals surface area contributed by atoms with Gasteiger partial charge in [0.2, 0.25) is 0 Å². The monoisotopic (exact) mass is 266 g/mol. The highest BCUT2D eigenvalue weighted by atomic mass is 35.5. The summed E-state index contributed by atoms with van der Waals surface area (Å²) in [4.78, 5) is 21.3. The second-order valence-corrected chi connectivity index (χ2v) is 3.59. The molecule has 17 heavy (non-hydrogen) atoms. The van der Waals surface area contributed by atoms with E-state index in [1.54, 1.807) is 0 Å². The highest BCUT2D eigenvalue weighted by molar-refractivity contribution is 6.47. The molecule has 0 saturated heterocycles. The quantitative estimate of drug-likeness (QED) is 0.676. The Kier molecular flexibility index (Phi) is 3.77. The fourth-order valence-corrected chi connectivity index (χ4v) is 1.34. The number of carboxylic acids is 1. The van der Waals surface area contributed by atoms with Crippen molar-refractivity contribution in [3.8, 4) is 0 Å². The highest BCUT2D eigenvalue weighted by Gasteiger charge is 2.31. The van der Waals surface area contributed by atoms with Crippen molar-refractivity contribution in [1.82, 2.24) is 0 Å². The highest BCUT2D eigenvalue weighted by Crippen LogP contribution is 2.31. The molecule has 7 heteroatoms. The molecule has 1 N–H and O–H groups in total. The van der Waals surface area contributed by atoms with Crippen LogP contribution in [0.15, 0.2) is 24.3 Å². The van der Waals surface area contributed by atoms with Crippen LogP contribution >= 0.6 is 11.6 Å². The van der Waals surface area contributed by atoms with E-state index >= 15 is 0 Å². The Labute approximate surface area is 98.8 Å². The second-order valence-electron chi connectivity index (χ2n) is 3.15. The minimum Gasteiger partial charge on any atom is -0.475 e. The van der Waals surface area contributed by atoms with Gasteiger partial charge < -0.3 is 5.11 Å². The lowest BCUT2D eigenvalue weighted by Gasteiger charge is -2.09. The van der Waals surface area contributed by atoms with Gasteiger partial charge in [-0.3, -0.25) is 4.79 Å². The van der Waals surface area contributed by atoms with Crippen LogP contribution in [0.2, 0.25) is 0 Å². The number of benzene rings is 1. The van der Waals surface area contributed by atoms with Crippen LogP contribution in [0.3, 0.4) is 0 Å². The summed E-state index contributed by atoms with van der Waals surface area (Å²) in [6, 6.07) is 3.42. The second kappa shape index (κ2) is 4.75. The maximum atomic E-state index is 12.2. The third-order valence-corrected chi connectivity index (χ3v) is 2.42. The number of carbonyl (C=O) groups is 2. The Morgan fingerprint density at radius 3 is 2.00 bits per heavy atom. The lowest BCUT2D eigenvalue weighted by atomic mass is 10.1. The Morgan fingerprint density at radius 1 is 1.18 bits per heavy atom. The molecule has 0 aromatic heterocycles. The summed E-state index contributed by atoms with van der Waals surface area (Å²) in [7, 11) is 0. The summed E-state index contributed by atoms with van der Waals surface area (Å²) in [5.74, 6) is -3.02. The summed E-state index contributed by atoms with van der Waals surface area (Å²) >= 11 is 5.51. The van der Waals surface area contributed by atoms with Gasteiger partial charge in [-0.05, 0) is 17.7 Å². The van der Waals surface area contributed by atoms with E-state index in [0.29, 0.717) is 0 Å². The van der Waals surface area contributed by atoms with Crippen LogP contribution in [0.25, 0.3) is 0 Å². The van der Waals surface area contributed by atoms with E-state index in [4.69, 9.17) is 16.7 Å². The van der Waals surface area contributed by atoms with E-state index < -0.39 is 28.9 Å². The van der Waals surface area contributed by atoms with E-state index in [1.165, 1.54) is 0 Å². The Balaban J connectivity index is 2.96. The van der Waals surface area contributed by atoms with Crippen LogP contribution in [0.4, 0.5) is 13.2 Å². The van der Waals surface area contributed by atoms with Crippen LogP contribution in [-0.4, -0.2) is 16.9 Å². The number of alkyl halides is 4. The number of halogens is 4. The van der Waals surface area contributed by atoms with Crippen molar-refractivity contribution in [3.05, 3.63) is 35.4 Å². The fraction of sp³-hybridized carbons (Fsp3) is 0.200. The number of rotatable bonds is 3. The molecular formula is C10H6ClF3O3. The van der Waals surface area contributed by atoms with Crippen LogP contribution < -0.4 is 0 Å².